The normalized spacial score (nSPS) is 14.0. The average Bonchev–Trinajstić information content (AvgIpc) is 3.64. The van der Waals surface area contributed by atoms with Crippen LogP contribution in [0.2, 0.25) is 19.6 Å². The minimum Gasteiger partial charge on any atom is -0.455 e. The van der Waals surface area contributed by atoms with Crippen LogP contribution in [0.4, 0.5) is 0 Å². The van der Waals surface area contributed by atoms with Gasteiger partial charge in [0.1, 0.15) is 34.7 Å². The Kier molecular flexibility index (Phi) is 6.63. The summed E-state index contributed by atoms with van der Waals surface area (Å²) in [6.45, 7) is 23.6. The minimum atomic E-state index is -2.18. The van der Waals surface area contributed by atoms with E-state index in [1.165, 1.54) is 0 Å². The summed E-state index contributed by atoms with van der Waals surface area (Å²) in [5.41, 5.74) is 9.35. The highest BCUT2D eigenvalue weighted by Crippen LogP contribution is 2.41. The first kappa shape index (κ1) is 27.9. The monoisotopic (exact) mass is 608 g/mol. The van der Waals surface area contributed by atoms with E-state index in [0.717, 1.165) is 72.4 Å². The maximum Gasteiger partial charge on any atom is 0.297 e. The molecular formula is C38H48N3O2Si+. The molecule has 0 radical (unpaired) electrons. The molecule has 0 saturated carbocycles. The first-order valence-electron chi connectivity index (χ1n) is 16.8. The quantitative estimate of drug-likeness (QED) is 0.140. The zero-order valence-corrected chi connectivity index (χ0v) is 29.4. The van der Waals surface area contributed by atoms with Crippen LogP contribution in [0.5, 0.6) is 0 Å². The van der Waals surface area contributed by atoms with E-state index in [1.54, 1.807) is 0 Å². The van der Waals surface area contributed by atoms with Crippen molar-refractivity contribution in [3.05, 3.63) is 76.9 Å². The fourth-order valence-corrected chi connectivity index (χ4v) is 7.27. The number of benzene rings is 3. The molecule has 44 heavy (non-hydrogen) atoms. The Morgan fingerprint density at radius 3 is 2.18 bits per heavy atom. The first-order chi connectivity index (χ1) is 21.3. The number of rotatable bonds is 6. The fourth-order valence-electron chi connectivity index (χ4n) is 6.26. The Morgan fingerprint density at radius 2 is 1.59 bits per heavy atom. The van der Waals surface area contributed by atoms with Crippen molar-refractivity contribution in [1.29, 1.82) is 0 Å². The van der Waals surface area contributed by atoms with Gasteiger partial charge in [-0.25, -0.2) is 9.55 Å². The molecule has 0 aliphatic rings. The topological polar surface area (TPSA) is 48.0 Å². The highest BCUT2D eigenvalue weighted by Gasteiger charge is 2.31. The molecule has 3 aromatic carbocycles. The molecule has 0 saturated heterocycles. The molecule has 0 bridgehead atoms. The maximum absolute atomic E-state index is 9.20. The van der Waals surface area contributed by atoms with Crippen molar-refractivity contribution in [2.75, 3.05) is 0 Å². The lowest BCUT2D eigenvalue weighted by atomic mass is 9.90. The van der Waals surface area contributed by atoms with Crippen molar-refractivity contribution < 1.29 is 16.1 Å². The van der Waals surface area contributed by atoms with Gasteiger partial charge >= 0.3 is 0 Å². The minimum absolute atomic E-state index is 0.188. The van der Waals surface area contributed by atoms with Gasteiger partial charge in [-0.05, 0) is 41.9 Å². The van der Waals surface area contributed by atoms with Crippen molar-refractivity contribution in [2.45, 2.75) is 98.3 Å². The van der Waals surface area contributed by atoms with Crippen molar-refractivity contribution in [1.82, 2.24) is 9.55 Å². The van der Waals surface area contributed by atoms with Crippen molar-refractivity contribution in [3.63, 3.8) is 0 Å². The van der Waals surface area contributed by atoms with E-state index >= 15 is 0 Å². The van der Waals surface area contributed by atoms with Crippen molar-refractivity contribution in [2.24, 2.45) is 7.05 Å². The van der Waals surface area contributed by atoms with Gasteiger partial charge in [0.2, 0.25) is 5.89 Å². The predicted molar refractivity (Wildman–Crippen MR) is 186 cm³/mol. The molecule has 0 aliphatic carbocycles. The second kappa shape index (κ2) is 10.5. The maximum atomic E-state index is 9.20. The summed E-state index contributed by atoms with van der Waals surface area (Å²) in [4.78, 5) is 4.79. The number of furan rings is 1. The molecular weight excluding hydrogens is 559 g/mol. The summed E-state index contributed by atoms with van der Waals surface area (Å²) in [5.74, 6) is 0.751. The Balaban J connectivity index is 1.64. The number of oxazole rings is 1. The molecule has 3 heterocycles. The molecule has 6 heteroatoms. The summed E-state index contributed by atoms with van der Waals surface area (Å²) < 4.78 is 35.8. The molecule has 0 fully saturated rings. The third kappa shape index (κ3) is 5.21. The third-order valence-electron chi connectivity index (χ3n) is 8.40. The molecule has 0 atom stereocenters. The Morgan fingerprint density at radius 1 is 0.932 bits per heavy atom. The van der Waals surface area contributed by atoms with Crippen molar-refractivity contribution in [3.8, 4) is 17.1 Å². The first-order valence-corrected chi connectivity index (χ1v) is 19.3. The van der Waals surface area contributed by atoms with Crippen LogP contribution in [0, 0.1) is 6.92 Å². The molecule has 0 aliphatic heterocycles. The standard InChI is InChI=1S/C38H48N3O2Si/c1-22(2)27-17-25(21-44(10,11)12)18-28(23(3)4)34(27)41-16-15-40(9)36(41)33-24(5)13-14-26-29-19-32-30(20-31(29)42-35(26)33)39-37(43-32)38(6,7)8/h13-20,22-23H,21H2,1-12H3/q+1/i21D2. The van der Waals surface area contributed by atoms with E-state index in [2.05, 4.69) is 134 Å². The van der Waals surface area contributed by atoms with Crippen LogP contribution in [0.3, 0.4) is 0 Å². The average molecular weight is 609 g/mol. The third-order valence-corrected chi connectivity index (χ3v) is 9.44. The Hall–Kier alpha value is -3.64. The predicted octanol–water partition coefficient (Wildman–Crippen LogP) is 10.3. The zero-order chi connectivity index (χ0) is 33.7. The summed E-state index contributed by atoms with van der Waals surface area (Å²) >= 11 is 0. The van der Waals surface area contributed by atoms with E-state index < -0.39 is 14.1 Å². The van der Waals surface area contributed by atoms with Crippen LogP contribution in [-0.4, -0.2) is 17.6 Å². The zero-order valence-electron chi connectivity index (χ0n) is 30.4. The number of hydrogen-bond acceptors (Lipinski definition) is 3. The molecule has 230 valence electrons. The number of imidazole rings is 1. The lowest BCUT2D eigenvalue weighted by Crippen LogP contribution is -2.29. The smallest absolute Gasteiger partial charge is 0.297 e. The number of aromatic nitrogens is 3. The van der Waals surface area contributed by atoms with Gasteiger partial charge in [-0.1, -0.05) is 92.4 Å². The molecule has 6 rings (SSSR count). The van der Waals surface area contributed by atoms with Gasteiger partial charge in [-0.2, -0.15) is 4.57 Å². The number of aryl methyl sites for hydroxylation is 2. The lowest BCUT2D eigenvalue weighted by Gasteiger charge is -2.23. The molecule has 5 nitrogen and oxygen atoms in total. The highest BCUT2D eigenvalue weighted by molar-refractivity contribution is 6.75. The highest BCUT2D eigenvalue weighted by atomic mass is 28.3. The van der Waals surface area contributed by atoms with Gasteiger partial charge in [0.25, 0.3) is 5.82 Å². The van der Waals surface area contributed by atoms with Crippen LogP contribution in [0.15, 0.2) is 57.6 Å². The molecule has 3 aromatic heterocycles. The Labute approximate surface area is 265 Å². The largest absolute Gasteiger partial charge is 0.455 e. The second-order valence-electron chi connectivity index (χ2n) is 15.1. The van der Waals surface area contributed by atoms with Crippen LogP contribution in [0.25, 0.3) is 50.1 Å². The van der Waals surface area contributed by atoms with Gasteiger partial charge in [0.15, 0.2) is 11.2 Å². The molecule has 0 spiro atoms. The van der Waals surface area contributed by atoms with E-state index in [-0.39, 0.29) is 17.3 Å². The molecule has 0 unspecified atom stereocenters. The van der Waals surface area contributed by atoms with Gasteiger partial charge in [-0.3, -0.25) is 0 Å². The molecule has 6 aromatic rings. The van der Waals surface area contributed by atoms with Gasteiger partial charge in [-0.15, -0.1) is 0 Å². The molecule has 0 N–H and O–H groups in total. The van der Waals surface area contributed by atoms with Crippen LogP contribution in [0.1, 0.15) is 91.2 Å². The van der Waals surface area contributed by atoms with Crippen LogP contribution in [-0.2, 0) is 18.5 Å². The SMILES string of the molecule is [2H]C([2H])(c1cc(C(C)C)c(-n2cc[n+](C)c2-c2c(C)ccc3c2oc2cc4nc(C(C)(C)C)oc4cc23)c(C(C)C)c1)[Si](C)(C)C. The van der Waals surface area contributed by atoms with Crippen LogP contribution >= 0.6 is 0 Å². The summed E-state index contributed by atoms with van der Waals surface area (Å²) in [7, 11) is -0.0952. The van der Waals surface area contributed by atoms with Gasteiger partial charge in [0, 0.05) is 44.2 Å². The molecule has 0 amide bonds. The fraction of sp³-hybridized carbons (Fsp3) is 0.421. The number of fused-ring (bicyclic) bond motifs is 4. The second-order valence-corrected chi connectivity index (χ2v) is 19.9. The van der Waals surface area contributed by atoms with Gasteiger partial charge in [0.05, 0.1) is 7.05 Å². The van der Waals surface area contributed by atoms with E-state index in [9.17, 15) is 2.74 Å². The van der Waals surface area contributed by atoms with Crippen molar-refractivity contribution >= 4 is 41.1 Å². The summed E-state index contributed by atoms with van der Waals surface area (Å²) in [5, 5.41) is 2.04. The summed E-state index contributed by atoms with van der Waals surface area (Å²) in [6, 6.07) is 12.7. The van der Waals surface area contributed by atoms with Crippen LogP contribution < -0.4 is 4.57 Å². The Bertz CT molecular complexity index is 2110. The van der Waals surface area contributed by atoms with Gasteiger partial charge < -0.3 is 8.83 Å². The number of nitrogens with zero attached hydrogens (tertiary/aromatic N) is 3. The lowest BCUT2D eigenvalue weighted by molar-refractivity contribution is -0.659. The summed E-state index contributed by atoms with van der Waals surface area (Å²) in [6.07, 6.45) is 4.24. The van der Waals surface area contributed by atoms with E-state index in [1.807, 2.05) is 6.07 Å². The number of hydrogen-bond donors (Lipinski definition) is 0. The van der Waals surface area contributed by atoms with E-state index in [0.29, 0.717) is 5.89 Å². The van der Waals surface area contributed by atoms with E-state index in [4.69, 9.17) is 13.8 Å².